The summed E-state index contributed by atoms with van der Waals surface area (Å²) < 4.78 is 30.5. The second-order valence-electron chi connectivity index (χ2n) is 5.68. The standard InChI is InChI=1S/C15H28F2O2S/c1-5-9-19-14(18)13(11-12(2)3)20-10-7-6-8-15(4,16)17/h12-13H,5-11H2,1-4H3. The van der Waals surface area contributed by atoms with E-state index in [2.05, 4.69) is 13.8 Å². The van der Waals surface area contributed by atoms with E-state index in [9.17, 15) is 13.6 Å². The first-order chi connectivity index (χ1) is 9.26. The smallest absolute Gasteiger partial charge is 0.319 e. The molecule has 0 saturated carbocycles. The lowest BCUT2D eigenvalue weighted by Crippen LogP contribution is -2.23. The third kappa shape index (κ3) is 11.5. The lowest BCUT2D eigenvalue weighted by molar-refractivity contribution is -0.143. The SMILES string of the molecule is CCCOC(=O)C(CC(C)C)SCCCCC(C)(F)F. The molecule has 0 aliphatic carbocycles. The van der Waals surface area contributed by atoms with Gasteiger partial charge in [-0.05, 0) is 44.3 Å². The summed E-state index contributed by atoms with van der Waals surface area (Å²) in [4.78, 5) is 11.9. The van der Waals surface area contributed by atoms with Crippen LogP contribution in [0.15, 0.2) is 0 Å². The number of halogens is 2. The summed E-state index contributed by atoms with van der Waals surface area (Å²) in [5, 5.41) is -0.163. The molecule has 0 saturated heterocycles. The number of carbonyl (C=O) groups excluding carboxylic acids is 1. The molecule has 0 heterocycles. The van der Waals surface area contributed by atoms with Crippen molar-refractivity contribution in [1.29, 1.82) is 0 Å². The predicted octanol–water partition coefficient (Wildman–Crippen LogP) is 4.91. The molecular formula is C15H28F2O2S. The van der Waals surface area contributed by atoms with Crippen LogP contribution in [0.4, 0.5) is 8.78 Å². The van der Waals surface area contributed by atoms with Crippen LogP contribution >= 0.6 is 11.8 Å². The molecule has 0 spiro atoms. The van der Waals surface area contributed by atoms with E-state index in [1.165, 1.54) is 11.8 Å². The topological polar surface area (TPSA) is 26.3 Å². The normalized spacial score (nSPS) is 13.6. The van der Waals surface area contributed by atoms with Crippen molar-refractivity contribution in [3.63, 3.8) is 0 Å². The number of hydrogen-bond acceptors (Lipinski definition) is 3. The Balaban J connectivity index is 4.01. The molecule has 0 bridgehead atoms. The van der Waals surface area contributed by atoms with Gasteiger partial charge in [0.15, 0.2) is 0 Å². The Bertz CT molecular complexity index is 265. The Hall–Kier alpha value is -0.320. The highest BCUT2D eigenvalue weighted by Crippen LogP contribution is 2.24. The van der Waals surface area contributed by atoms with E-state index in [1.807, 2.05) is 6.92 Å². The van der Waals surface area contributed by atoms with Crippen molar-refractivity contribution in [3.05, 3.63) is 0 Å². The summed E-state index contributed by atoms with van der Waals surface area (Å²) >= 11 is 1.54. The molecule has 0 N–H and O–H groups in total. The van der Waals surface area contributed by atoms with Gasteiger partial charge in [-0.3, -0.25) is 4.79 Å². The van der Waals surface area contributed by atoms with Gasteiger partial charge in [-0.15, -0.1) is 11.8 Å². The van der Waals surface area contributed by atoms with Crippen molar-refractivity contribution in [2.24, 2.45) is 5.92 Å². The van der Waals surface area contributed by atoms with Crippen molar-refractivity contribution in [2.75, 3.05) is 12.4 Å². The minimum Gasteiger partial charge on any atom is -0.465 e. The van der Waals surface area contributed by atoms with Crippen LogP contribution in [0.25, 0.3) is 0 Å². The number of rotatable bonds is 11. The number of thioether (sulfide) groups is 1. The van der Waals surface area contributed by atoms with Gasteiger partial charge in [0, 0.05) is 6.42 Å². The highest BCUT2D eigenvalue weighted by atomic mass is 32.2. The third-order valence-electron chi connectivity index (χ3n) is 2.73. The van der Waals surface area contributed by atoms with Crippen molar-refractivity contribution < 1.29 is 18.3 Å². The average Bonchev–Trinajstić information content (AvgIpc) is 2.32. The first kappa shape index (κ1) is 19.7. The third-order valence-corrected chi connectivity index (χ3v) is 4.04. The predicted molar refractivity (Wildman–Crippen MR) is 81.4 cm³/mol. The number of alkyl halides is 2. The maximum Gasteiger partial charge on any atom is 0.319 e. The van der Waals surface area contributed by atoms with E-state index in [0.29, 0.717) is 25.4 Å². The van der Waals surface area contributed by atoms with Crippen LogP contribution in [0, 0.1) is 5.92 Å². The number of unbranched alkanes of at least 4 members (excludes halogenated alkanes) is 1. The summed E-state index contributed by atoms with van der Waals surface area (Å²) in [7, 11) is 0. The zero-order valence-corrected chi connectivity index (χ0v) is 13.9. The Morgan fingerprint density at radius 1 is 1.30 bits per heavy atom. The summed E-state index contributed by atoms with van der Waals surface area (Å²) in [5.41, 5.74) is 0. The maximum atomic E-state index is 12.7. The summed E-state index contributed by atoms with van der Waals surface area (Å²) in [5.74, 6) is -1.59. The number of esters is 1. The van der Waals surface area contributed by atoms with Crippen LogP contribution in [-0.2, 0) is 9.53 Å². The molecular weight excluding hydrogens is 282 g/mol. The summed E-state index contributed by atoms with van der Waals surface area (Å²) in [6.07, 6.45) is 2.72. The molecule has 1 unspecified atom stereocenters. The Labute approximate surface area is 126 Å². The molecule has 120 valence electrons. The Kier molecular flexibility index (Phi) is 10.2. The minimum absolute atomic E-state index is 0.0807. The molecule has 0 fully saturated rings. The largest absolute Gasteiger partial charge is 0.465 e. The molecule has 1 atom stereocenters. The number of ether oxygens (including phenoxy) is 1. The maximum absolute atomic E-state index is 12.7. The van der Waals surface area contributed by atoms with Gasteiger partial charge < -0.3 is 4.74 Å². The van der Waals surface area contributed by atoms with Crippen molar-refractivity contribution in [3.8, 4) is 0 Å². The fourth-order valence-corrected chi connectivity index (χ4v) is 3.10. The van der Waals surface area contributed by atoms with Gasteiger partial charge in [-0.2, -0.15) is 0 Å². The second kappa shape index (κ2) is 10.4. The fraction of sp³-hybridized carbons (Fsp3) is 0.933. The van der Waals surface area contributed by atoms with E-state index in [0.717, 1.165) is 25.5 Å². The second-order valence-corrected chi connectivity index (χ2v) is 6.99. The molecule has 0 aromatic rings. The van der Waals surface area contributed by atoms with Crippen LogP contribution in [0.2, 0.25) is 0 Å². The molecule has 0 aromatic heterocycles. The fourth-order valence-electron chi connectivity index (χ4n) is 1.72. The highest BCUT2D eigenvalue weighted by Gasteiger charge is 2.22. The van der Waals surface area contributed by atoms with Gasteiger partial charge in [0.2, 0.25) is 5.92 Å². The molecule has 0 aromatic carbocycles. The van der Waals surface area contributed by atoms with E-state index < -0.39 is 5.92 Å². The van der Waals surface area contributed by atoms with Crippen molar-refractivity contribution in [1.82, 2.24) is 0 Å². The van der Waals surface area contributed by atoms with Gasteiger partial charge in [-0.25, -0.2) is 8.78 Å². The van der Waals surface area contributed by atoms with Gasteiger partial charge in [0.25, 0.3) is 0 Å². The number of hydrogen-bond donors (Lipinski definition) is 0. The molecule has 0 rings (SSSR count). The van der Waals surface area contributed by atoms with Crippen LogP contribution in [-0.4, -0.2) is 29.5 Å². The van der Waals surface area contributed by atoms with Gasteiger partial charge in [0.1, 0.15) is 5.25 Å². The zero-order chi connectivity index (χ0) is 15.6. The molecule has 0 aliphatic rings. The molecule has 2 nitrogen and oxygen atoms in total. The van der Waals surface area contributed by atoms with Gasteiger partial charge in [0.05, 0.1) is 6.61 Å². The van der Waals surface area contributed by atoms with Crippen LogP contribution in [0.1, 0.15) is 59.8 Å². The molecule has 20 heavy (non-hydrogen) atoms. The highest BCUT2D eigenvalue weighted by molar-refractivity contribution is 8.00. The summed E-state index contributed by atoms with van der Waals surface area (Å²) in [6.45, 7) is 7.50. The van der Waals surface area contributed by atoms with Crippen molar-refractivity contribution >= 4 is 17.7 Å². The lowest BCUT2D eigenvalue weighted by atomic mass is 10.1. The van der Waals surface area contributed by atoms with E-state index in [-0.39, 0.29) is 17.6 Å². The minimum atomic E-state index is -2.58. The lowest BCUT2D eigenvalue weighted by Gasteiger charge is -2.17. The first-order valence-electron chi connectivity index (χ1n) is 7.42. The van der Waals surface area contributed by atoms with E-state index in [4.69, 9.17) is 4.74 Å². The van der Waals surface area contributed by atoms with Crippen LogP contribution in [0.3, 0.4) is 0 Å². The van der Waals surface area contributed by atoms with Gasteiger partial charge in [-0.1, -0.05) is 20.8 Å². The van der Waals surface area contributed by atoms with Crippen molar-refractivity contribution in [2.45, 2.75) is 71.0 Å². The molecule has 0 aliphatic heterocycles. The van der Waals surface area contributed by atoms with E-state index in [1.54, 1.807) is 0 Å². The first-order valence-corrected chi connectivity index (χ1v) is 8.47. The monoisotopic (exact) mass is 310 g/mol. The Morgan fingerprint density at radius 3 is 2.45 bits per heavy atom. The summed E-state index contributed by atoms with van der Waals surface area (Å²) in [6, 6.07) is 0. The average molecular weight is 310 g/mol. The van der Waals surface area contributed by atoms with E-state index >= 15 is 0 Å². The molecule has 0 amide bonds. The molecule has 0 radical (unpaired) electrons. The Morgan fingerprint density at radius 2 is 1.95 bits per heavy atom. The van der Waals surface area contributed by atoms with Crippen LogP contribution < -0.4 is 0 Å². The van der Waals surface area contributed by atoms with Gasteiger partial charge >= 0.3 is 5.97 Å². The quantitative estimate of drug-likeness (QED) is 0.400. The number of carbonyl (C=O) groups is 1. The molecule has 5 heteroatoms. The van der Waals surface area contributed by atoms with Crippen LogP contribution in [0.5, 0.6) is 0 Å². The zero-order valence-electron chi connectivity index (χ0n) is 13.1.